The van der Waals surface area contributed by atoms with E-state index in [9.17, 15) is 4.79 Å². The van der Waals surface area contributed by atoms with Gasteiger partial charge in [0.15, 0.2) is 0 Å². The number of ether oxygens (including phenoxy) is 1. The van der Waals surface area contributed by atoms with E-state index in [2.05, 4.69) is 50.3 Å². The highest BCUT2D eigenvalue weighted by atomic mass is 35.5. The van der Waals surface area contributed by atoms with Gasteiger partial charge in [-0.05, 0) is 52.9 Å². The molecule has 2 aromatic carbocycles. The van der Waals surface area contributed by atoms with Gasteiger partial charge in [-0.25, -0.2) is 0 Å². The minimum absolute atomic E-state index is 0.118. The molecule has 0 radical (unpaired) electrons. The lowest BCUT2D eigenvalue weighted by Crippen LogP contribution is -2.35. The van der Waals surface area contributed by atoms with Crippen LogP contribution in [0.2, 0.25) is 4.34 Å². The van der Waals surface area contributed by atoms with Crippen molar-refractivity contribution in [3.8, 4) is 5.75 Å². The fraction of sp³-hybridized carbons (Fsp3) is 0.208. The van der Waals surface area contributed by atoms with E-state index in [4.69, 9.17) is 16.3 Å². The van der Waals surface area contributed by atoms with E-state index in [0.29, 0.717) is 22.2 Å². The molecule has 6 heteroatoms. The summed E-state index contributed by atoms with van der Waals surface area (Å²) in [6.07, 6.45) is 0. The Bertz CT molecular complexity index is 1020. The van der Waals surface area contributed by atoms with Crippen molar-refractivity contribution in [3.63, 3.8) is 0 Å². The molecule has 0 fully saturated rings. The standard InChI is InChI=1S/C24H25ClN2O2S/c1-16(21-13-14-22(25)30-21)26-27-23(28)18-7-5-17(6-8-18)15-29-20-11-9-19(10-12-20)24(2,3)4/h5-14,26H,1,15H2,2-4H3,(H,27,28). The average molecular weight is 441 g/mol. The molecule has 0 saturated heterocycles. The molecule has 0 aliphatic heterocycles. The lowest BCUT2D eigenvalue weighted by molar-refractivity contribution is 0.0942. The number of nitrogens with one attached hydrogen (secondary N) is 2. The lowest BCUT2D eigenvalue weighted by Gasteiger charge is -2.19. The minimum Gasteiger partial charge on any atom is -0.489 e. The topological polar surface area (TPSA) is 50.4 Å². The zero-order valence-electron chi connectivity index (χ0n) is 17.3. The van der Waals surface area contributed by atoms with E-state index in [-0.39, 0.29) is 11.3 Å². The Labute approximate surface area is 186 Å². The molecule has 0 aliphatic rings. The lowest BCUT2D eigenvalue weighted by atomic mass is 9.87. The van der Waals surface area contributed by atoms with Gasteiger partial charge in [0, 0.05) is 5.56 Å². The molecule has 30 heavy (non-hydrogen) atoms. The first-order valence-electron chi connectivity index (χ1n) is 9.55. The number of hydrogen-bond donors (Lipinski definition) is 2. The van der Waals surface area contributed by atoms with Crippen LogP contribution in [0.15, 0.2) is 67.2 Å². The second kappa shape index (κ2) is 9.37. The first-order chi connectivity index (χ1) is 14.2. The molecular formula is C24H25ClN2O2S. The van der Waals surface area contributed by atoms with E-state index in [1.807, 2.05) is 30.3 Å². The molecule has 2 N–H and O–H groups in total. The van der Waals surface area contributed by atoms with Gasteiger partial charge in [-0.1, -0.05) is 63.2 Å². The Hall–Kier alpha value is -2.76. The van der Waals surface area contributed by atoms with Crippen molar-refractivity contribution in [2.45, 2.75) is 32.8 Å². The number of halogens is 1. The zero-order chi connectivity index (χ0) is 21.7. The molecule has 156 valence electrons. The Kier molecular flexibility index (Phi) is 6.85. The summed E-state index contributed by atoms with van der Waals surface area (Å²) in [5.41, 5.74) is 8.96. The van der Waals surface area contributed by atoms with Crippen LogP contribution in [0.5, 0.6) is 5.75 Å². The van der Waals surface area contributed by atoms with E-state index >= 15 is 0 Å². The van der Waals surface area contributed by atoms with Gasteiger partial charge in [-0.3, -0.25) is 15.6 Å². The molecule has 0 saturated carbocycles. The normalized spacial score (nSPS) is 11.1. The summed E-state index contributed by atoms with van der Waals surface area (Å²) >= 11 is 7.31. The first-order valence-corrected chi connectivity index (χ1v) is 10.7. The van der Waals surface area contributed by atoms with Gasteiger partial charge in [0.05, 0.1) is 14.9 Å². The molecule has 3 rings (SSSR count). The van der Waals surface area contributed by atoms with Crippen LogP contribution in [-0.2, 0) is 12.0 Å². The van der Waals surface area contributed by atoms with Crippen molar-refractivity contribution in [1.82, 2.24) is 10.9 Å². The fourth-order valence-electron chi connectivity index (χ4n) is 2.71. The van der Waals surface area contributed by atoms with Gasteiger partial charge < -0.3 is 4.74 Å². The van der Waals surface area contributed by atoms with Gasteiger partial charge in [0.25, 0.3) is 5.91 Å². The van der Waals surface area contributed by atoms with Gasteiger partial charge >= 0.3 is 0 Å². The van der Waals surface area contributed by atoms with Crippen LogP contribution in [0, 0.1) is 0 Å². The van der Waals surface area contributed by atoms with Crippen molar-refractivity contribution in [3.05, 3.63) is 93.1 Å². The number of benzene rings is 2. The smallest absolute Gasteiger partial charge is 0.269 e. The van der Waals surface area contributed by atoms with Crippen LogP contribution < -0.4 is 15.6 Å². The minimum atomic E-state index is -0.246. The molecule has 0 bridgehead atoms. The van der Waals surface area contributed by atoms with Crippen molar-refractivity contribution in [1.29, 1.82) is 0 Å². The summed E-state index contributed by atoms with van der Waals surface area (Å²) in [4.78, 5) is 13.2. The van der Waals surface area contributed by atoms with E-state index in [1.54, 1.807) is 18.2 Å². The molecule has 1 amide bonds. The summed E-state index contributed by atoms with van der Waals surface area (Å²) in [7, 11) is 0. The van der Waals surface area contributed by atoms with Gasteiger partial charge in [0.1, 0.15) is 12.4 Å². The largest absolute Gasteiger partial charge is 0.489 e. The molecule has 0 aliphatic carbocycles. The highest BCUT2D eigenvalue weighted by Crippen LogP contribution is 2.26. The number of hydrogen-bond acceptors (Lipinski definition) is 4. The monoisotopic (exact) mass is 440 g/mol. The van der Waals surface area contributed by atoms with E-state index < -0.39 is 0 Å². The van der Waals surface area contributed by atoms with Crippen LogP contribution in [0.25, 0.3) is 5.70 Å². The van der Waals surface area contributed by atoms with E-state index in [0.717, 1.165) is 16.2 Å². The molecule has 0 spiro atoms. The Balaban J connectivity index is 1.50. The SMILES string of the molecule is C=C(NNC(=O)c1ccc(COc2ccc(C(C)(C)C)cc2)cc1)c1ccc(Cl)s1. The summed E-state index contributed by atoms with van der Waals surface area (Å²) in [6, 6.07) is 19.1. The summed E-state index contributed by atoms with van der Waals surface area (Å²) in [5, 5.41) is 0. The van der Waals surface area contributed by atoms with Gasteiger partial charge in [-0.15, -0.1) is 11.3 Å². The summed E-state index contributed by atoms with van der Waals surface area (Å²) in [6.45, 7) is 10.9. The quantitative estimate of drug-likeness (QED) is 0.431. The van der Waals surface area contributed by atoms with E-state index in [1.165, 1.54) is 16.9 Å². The summed E-state index contributed by atoms with van der Waals surface area (Å²) in [5.74, 6) is 0.574. The fourth-order valence-corrected chi connectivity index (χ4v) is 3.68. The second-order valence-corrected chi connectivity index (χ2v) is 9.64. The zero-order valence-corrected chi connectivity index (χ0v) is 18.9. The maximum absolute atomic E-state index is 12.3. The number of thiophene rings is 1. The maximum atomic E-state index is 12.3. The number of carbonyl (C=O) groups is 1. The Morgan fingerprint density at radius 3 is 2.23 bits per heavy atom. The molecular weight excluding hydrogens is 416 g/mol. The third-order valence-electron chi connectivity index (χ3n) is 4.54. The van der Waals surface area contributed by atoms with Gasteiger partial charge in [-0.2, -0.15) is 0 Å². The third kappa shape index (κ3) is 5.88. The van der Waals surface area contributed by atoms with Crippen LogP contribution in [-0.4, -0.2) is 5.91 Å². The molecule has 4 nitrogen and oxygen atoms in total. The molecule has 1 aromatic heterocycles. The Morgan fingerprint density at radius 2 is 1.67 bits per heavy atom. The van der Waals surface area contributed by atoms with Gasteiger partial charge in [0.2, 0.25) is 0 Å². The van der Waals surface area contributed by atoms with Crippen LogP contribution in [0.1, 0.15) is 47.1 Å². The van der Waals surface area contributed by atoms with Crippen molar-refractivity contribution in [2.75, 3.05) is 0 Å². The predicted octanol–water partition coefficient (Wildman–Crippen LogP) is 6.18. The van der Waals surface area contributed by atoms with Crippen molar-refractivity contribution in [2.24, 2.45) is 0 Å². The molecule has 0 unspecified atom stereocenters. The average Bonchev–Trinajstić information content (AvgIpc) is 3.16. The molecule has 0 atom stereocenters. The maximum Gasteiger partial charge on any atom is 0.269 e. The molecule has 1 heterocycles. The predicted molar refractivity (Wildman–Crippen MR) is 125 cm³/mol. The van der Waals surface area contributed by atoms with Crippen LogP contribution in [0.3, 0.4) is 0 Å². The third-order valence-corrected chi connectivity index (χ3v) is 5.83. The number of amides is 1. The van der Waals surface area contributed by atoms with Crippen molar-refractivity contribution < 1.29 is 9.53 Å². The van der Waals surface area contributed by atoms with Crippen LogP contribution >= 0.6 is 22.9 Å². The van der Waals surface area contributed by atoms with Crippen LogP contribution in [0.4, 0.5) is 0 Å². The first kappa shape index (κ1) is 21.9. The Morgan fingerprint density at radius 1 is 1.00 bits per heavy atom. The van der Waals surface area contributed by atoms with Crippen molar-refractivity contribution >= 4 is 34.5 Å². The highest BCUT2D eigenvalue weighted by molar-refractivity contribution is 7.17. The second-order valence-electron chi connectivity index (χ2n) is 7.92. The number of carbonyl (C=O) groups excluding carboxylic acids is 1. The number of rotatable bonds is 7. The number of hydrazine groups is 1. The summed E-state index contributed by atoms with van der Waals surface area (Å²) < 4.78 is 6.52. The molecule has 3 aromatic rings. The highest BCUT2D eigenvalue weighted by Gasteiger charge is 2.13.